The van der Waals surface area contributed by atoms with Crippen molar-refractivity contribution in [2.75, 3.05) is 13.1 Å². The number of rotatable bonds is 9. The van der Waals surface area contributed by atoms with Crippen molar-refractivity contribution in [3.63, 3.8) is 0 Å². The Balaban J connectivity index is 3.78. The molecule has 0 aromatic rings. The molecule has 0 aliphatic heterocycles. The van der Waals surface area contributed by atoms with Gasteiger partial charge in [-0.25, -0.2) is 0 Å². The van der Waals surface area contributed by atoms with E-state index in [2.05, 4.69) is 59.1 Å². The van der Waals surface area contributed by atoms with Gasteiger partial charge in [0.05, 0.1) is 12.2 Å². The van der Waals surface area contributed by atoms with Gasteiger partial charge >= 0.3 is 0 Å². The van der Waals surface area contributed by atoms with E-state index in [0.29, 0.717) is 18.2 Å². The molecule has 104 valence electrons. The van der Waals surface area contributed by atoms with Gasteiger partial charge in [-0.1, -0.05) is 13.8 Å². The smallest absolute Gasteiger partial charge is 0.0567 e. The summed E-state index contributed by atoms with van der Waals surface area (Å²) in [6.45, 7) is 17.2. The minimum absolute atomic E-state index is 0.132. The highest BCUT2D eigenvalue weighted by atomic mass is 16.5. The maximum atomic E-state index is 5.77. The molecule has 0 heterocycles. The fourth-order valence-corrected chi connectivity index (χ4v) is 2.07. The van der Waals surface area contributed by atoms with Crippen molar-refractivity contribution in [3.05, 3.63) is 0 Å². The van der Waals surface area contributed by atoms with Gasteiger partial charge in [-0.3, -0.25) is 0 Å². The zero-order chi connectivity index (χ0) is 13.5. The Morgan fingerprint density at radius 3 is 2.06 bits per heavy atom. The summed E-state index contributed by atoms with van der Waals surface area (Å²) in [5.74, 6) is 0. The lowest BCUT2D eigenvalue weighted by molar-refractivity contribution is 0.00171. The molecule has 2 N–H and O–H groups in total. The van der Waals surface area contributed by atoms with E-state index in [4.69, 9.17) is 4.74 Å². The topological polar surface area (TPSA) is 33.3 Å². The molecule has 1 unspecified atom stereocenters. The lowest BCUT2D eigenvalue weighted by atomic mass is 9.97. The minimum Gasteiger partial charge on any atom is -0.376 e. The van der Waals surface area contributed by atoms with Crippen LogP contribution in [0.4, 0.5) is 0 Å². The molecule has 0 radical (unpaired) electrons. The van der Waals surface area contributed by atoms with Crippen LogP contribution in [0.3, 0.4) is 0 Å². The first-order valence-electron chi connectivity index (χ1n) is 6.87. The molecule has 1 atom stereocenters. The SMILES string of the molecule is CC(C)NCCNC(C)(C)CC(C)OC(C)C. The molecule has 17 heavy (non-hydrogen) atoms. The predicted molar refractivity (Wildman–Crippen MR) is 75.5 cm³/mol. The molecular formula is C14H32N2O. The third-order valence-corrected chi connectivity index (χ3v) is 2.58. The molecule has 0 saturated carbocycles. The van der Waals surface area contributed by atoms with Crippen LogP contribution in [0.25, 0.3) is 0 Å². The summed E-state index contributed by atoms with van der Waals surface area (Å²) in [6, 6.07) is 0.558. The first-order chi connectivity index (χ1) is 7.73. The van der Waals surface area contributed by atoms with E-state index in [-0.39, 0.29) is 5.54 Å². The largest absolute Gasteiger partial charge is 0.376 e. The average Bonchev–Trinajstić information content (AvgIpc) is 2.09. The van der Waals surface area contributed by atoms with Crippen molar-refractivity contribution in [2.24, 2.45) is 0 Å². The van der Waals surface area contributed by atoms with Crippen LogP contribution < -0.4 is 10.6 Å². The Bertz CT molecular complexity index is 191. The summed E-state index contributed by atoms with van der Waals surface area (Å²) in [5.41, 5.74) is 0.132. The van der Waals surface area contributed by atoms with E-state index in [1.54, 1.807) is 0 Å². The van der Waals surface area contributed by atoms with Crippen LogP contribution in [0.5, 0.6) is 0 Å². The van der Waals surface area contributed by atoms with Crippen molar-refractivity contribution in [2.45, 2.75) is 78.7 Å². The zero-order valence-corrected chi connectivity index (χ0v) is 12.8. The molecule has 3 heteroatoms. The quantitative estimate of drug-likeness (QED) is 0.612. The van der Waals surface area contributed by atoms with E-state index in [0.717, 1.165) is 19.5 Å². The second kappa shape index (κ2) is 8.06. The number of ether oxygens (including phenoxy) is 1. The second-order valence-electron chi connectivity index (χ2n) is 6.12. The van der Waals surface area contributed by atoms with Crippen LogP contribution in [0.15, 0.2) is 0 Å². The third kappa shape index (κ3) is 10.7. The summed E-state index contributed by atoms with van der Waals surface area (Å²) in [6.07, 6.45) is 1.64. The molecule has 0 saturated heterocycles. The fourth-order valence-electron chi connectivity index (χ4n) is 2.07. The summed E-state index contributed by atoms with van der Waals surface area (Å²) >= 11 is 0. The molecule has 3 nitrogen and oxygen atoms in total. The number of hydrogen-bond acceptors (Lipinski definition) is 3. The normalized spacial score (nSPS) is 14.6. The first-order valence-corrected chi connectivity index (χ1v) is 6.87. The van der Waals surface area contributed by atoms with Gasteiger partial charge in [-0.05, 0) is 41.0 Å². The van der Waals surface area contributed by atoms with E-state index < -0.39 is 0 Å². The zero-order valence-electron chi connectivity index (χ0n) is 12.8. The highest BCUT2D eigenvalue weighted by molar-refractivity contribution is 4.80. The van der Waals surface area contributed by atoms with Crippen molar-refractivity contribution in [1.29, 1.82) is 0 Å². The Morgan fingerprint density at radius 1 is 1.00 bits per heavy atom. The van der Waals surface area contributed by atoms with Crippen molar-refractivity contribution < 1.29 is 4.74 Å². The van der Waals surface area contributed by atoms with E-state index in [1.165, 1.54) is 0 Å². The molecule has 0 aromatic carbocycles. The number of nitrogens with one attached hydrogen (secondary N) is 2. The third-order valence-electron chi connectivity index (χ3n) is 2.58. The molecule has 0 amide bonds. The van der Waals surface area contributed by atoms with Gasteiger partial charge in [-0.2, -0.15) is 0 Å². The molecule has 0 aliphatic carbocycles. The molecule has 0 aliphatic rings. The highest BCUT2D eigenvalue weighted by Crippen LogP contribution is 2.14. The van der Waals surface area contributed by atoms with Crippen LogP contribution in [0.1, 0.15) is 54.9 Å². The summed E-state index contributed by atoms with van der Waals surface area (Å²) in [4.78, 5) is 0. The Hall–Kier alpha value is -0.120. The van der Waals surface area contributed by atoms with Gasteiger partial charge in [-0.15, -0.1) is 0 Å². The summed E-state index contributed by atoms with van der Waals surface area (Å²) < 4.78 is 5.77. The van der Waals surface area contributed by atoms with Gasteiger partial charge < -0.3 is 15.4 Å². The fraction of sp³-hybridized carbons (Fsp3) is 1.00. The maximum absolute atomic E-state index is 5.77. The lowest BCUT2D eigenvalue weighted by Gasteiger charge is -2.30. The average molecular weight is 244 g/mol. The van der Waals surface area contributed by atoms with Crippen molar-refractivity contribution in [1.82, 2.24) is 10.6 Å². The maximum Gasteiger partial charge on any atom is 0.0567 e. The van der Waals surface area contributed by atoms with E-state index in [9.17, 15) is 0 Å². The van der Waals surface area contributed by atoms with Crippen LogP contribution >= 0.6 is 0 Å². The van der Waals surface area contributed by atoms with E-state index in [1.807, 2.05) is 0 Å². The molecular weight excluding hydrogens is 212 g/mol. The number of hydrogen-bond donors (Lipinski definition) is 2. The van der Waals surface area contributed by atoms with Crippen LogP contribution in [-0.4, -0.2) is 36.9 Å². The molecule has 0 rings (SSSR count). The standard InChI is InChI=1S/C14H32N2O/c1-11(2)15-8-9-16-14(6,7)10-13(5)17-12(3)4/h11-13,15-16H,8-10H2,1-7H3. The Labute approximate surface area is 108 Å². The monoisotopic (exact) mass is 244 g/mol. The second-order valence-corrected chi connectivity index (χ2v) is 6.12. The summed E-state index contributed by atoms with van der Waals surface area (Å²) in [5, 5.41) is 6.99. The Morgan fingerprint density at radius 2 is 1.59 bits per heavy atom. The molecule has 0 bridgehead atoms. The summed E-state index contributed by atoms with van der Waals surface area (Å²) in [7, 11) is 0. The highest BCUT2D eigenvalue weighted by Gasteiger charge is 2.21. The lowest BCUT2D eigenvalue weighted by Crippen LogP contribution is -2.45. The van der Waals surface area contributed by atoms with Crippen molar-refractivity contribution >= 4 is 0 Å². The molecule has 0 aromatic heterocycles. The van der Waals surface area contributed by atoms with Crippen LogP contribution in [-0.2, 0) is 4.74 Å². The van der Waals surface area contributed by atoms with Gasteiger partial charge in [0.25, 0.3) is 0 Å². The van der Waals surface area contributed by atoms with Gasteiger partial charge in [0.2, 0.25) is 0 Å². The molecule has 0 fully saturated rings. The van der Waals surface area contributed by atoms with Gasteiger partial charge in [0, 0.05) is 24.7 Å². The minimum atomic E-state index is 0.132. The first kappa shape index (κ1) is 16.9. The van der Waals surface area contributed by atoms with Crippen molar-refractivity contribution in [3.8, 4) is 0 Å². The van der Waals surface area contributed by atoms with Crippen LogP contribution in [0.2, 0.25) is 0 Å². The van der Waals surface area contributed by atoms with Gasteiger partial charge in [0.1, 0.15) is 0 Å². The predicted octanol–water partition coefficient (Wildman–Crippen LogP) is 2.56. The Kier molecular flexibility index (Phi) is 8.01. The van der Waals surface area contributed by atoms with Gasteiger partial charge in [0.15, 0.2) is 0 Å². The van der Waals surface area contributed by atoms with E-state index >= 15 is 0 Å². The molecule has 0 spiro atoms. The van der Waals surface area contributed by atoms with Crippen LogP contribution in [0, 0.1) is 0 Å².